The van der Waals surface area contributed by atoms with E-state index in [0.717, 1.165) is 32.2 Å². The van der Waals surface area contributed by atoms with Gasteiger partial charge in [0, 0.05) is 33.0 Å². The van der Waals surface area contributed by atoms with Crippen LogP contribution in [0.5, 0.6) is 0 Å². The van der Waals surface area contributed by atoms with Gasteiger partial charge in [-0.1, -0.05) is 12.8 Å². The zero-order valence-corrected chi connectivity index (χ0v) is 18.5. The Morgan fingerprint density at radius 2 is 1.74 bits per heavy atom. The molecule has 1 aliphatic rings. The van der Waals surface area contributed by atoms with Crippen LogP contribution in [-0.2, 0) is 23.8 Å². The van der Waals surface area contributed by atoms with Crippen LogP contribution in [-0.4, -0.2) is 104 Å². The van der Waals surface area contributed by atoms with E-state index in [1.54, 1.807) is 0 Å². The number of aliphatic hydroxyl groups excluding tert-OH is 3. The number of unbranched alkanes of at least 4 members (excludes halogenated alkanes) is 3. The van der Waals surface area contributed by atoms with Gasteiger partial charge in [-0.15, -0.1) is 0 Å². The Labute approximate surface area is 183 Å². The normalized spacial score (nSPS) is 25.9. The molecule has 0 radical (unpaired) electrons. The molecule has 6 N–H and O–H groups in total. The SMILES string of the molecule is CNCCOCCC(=O)NCCCCCCOC1OC(CO)C(O)C(O)C1NC(C)=O. The first-order valence-corrected chi connectivity index (χ1v) is 10.9. The molecule has 1 aliphatic heterocycles. The van der Waals surface area contributed by atoms with Gasteiger partial charge in [-0.05, 0) is 19.9 Å². The van der Waals surface area contributed by atoms with Crippen molar-refractivity contribution >= 4 is 11.8 Å². The molecule has 31 heavy (non-hydrogen) atoms. The maximum atomic E-state index is 11.7. The molecule has 182 valence electrons. The van der Waals surface area contributed by atoms with E-state index < -0.39 is 37.3 Å². The van der Waals surface area contributed by atoms with Gasteiger partial charge >= 0.3 is 0 Å². The molecule has 0 bridgehead atoms. The number of aliphatic hydroxyl groups is 3. The molecule has 5 atom stereocenters. The van der Waals surface area contributed by atoms with E-state index in [0.29, 0.717) is 32.8 Å². The third kappa shape index (κ3) is 11.2. The minimum atomic E-state index is -1.32. The number of carbonyl (C=O) groups is 2. The zero-order chi connectivity index (χ0) is 23.1. The third-order valence-corrected chi connectivity index (χ3v) is 4.90. The number of nitrogens with one attached hydrogen (secondary N) is 3. The van der Waals surface area contributed by atoms with E-state index in [1.165, 1.54) is 6.92 Å². The van der Waals surface area contributed by atoms with Gasteiger partial charge in [0.25, 0.3) is 0 Å². The highest BCUT2D eigenvalue weighted by Crippen LogP contribution is 2.22. The lowest BCUT2D eigenvalue weighted by Gasteiger charge is -2.42. The van der Waals surface area contributed by atoms with Crippen molar-refractivity contribution in [3.05, 3.63) is 0 Å². The minimum Gasteiger partial charge on any atom is -0.394 e. The first-order valence-electron chi connectivity index (χ1n) is 10.9. The fourth-order valence-electron chi connectivity index (χ4n) is 3.15. The Hall–Kier alpha value is -1.34. The average Bonchev–Trinajstić information content (AvgIpc) is 2.74. The van der Waals surface area contributed by atoms with Crippen molar-refractivity contribution in [2.24, 2.45) is 0 Å². The summed E-state index contributed by atoms with van der Waals surface area (Å²) in [6.07, 6.45) is -0.881. The molecule has 0 aliphatic carbocycles. The second-order valence-electron chi connectivity index (χ2n) is 7.53. The molecule has 0 aromatic heterocycles. The fourth-order valence-corrected chi connectivity index (χ4v) is 3.15. The number of carbonyl (C=O) groups excluding carboxylic acids is 2. The molecule has 0 spiro atoms. The number of amides is 2. The Kier molecular flexibility index (Phi) is 14.6. The van der Waals surface area contributed by atoms with Crippen molar-refractivity contribution in [3.8, 4) is 0 Å². The quantitative estimate of drug-likeness (QED) is 0.150. The molecule has 1 rings (SSSR count). The molecule has 11 heteroatoms. The van der Waals surface area contributed by atoms with Gasteiger partial charge in [0.05, 0.1) is 19.8 Å². The Bertz CT molecular complexity index is 511. The van der Waals surface area contributed by atoms with Crippen LogP contribution in [0.15, 0.2) is 0 Å². The maximum Gasteiger partial charge on any atom is 0.222 e. The molecule has 2 amide bonds. The van der Waals surface area contributed by atoms with Crippen molar-refractivity contribution in [2.75, 3.05) is 46.6 Å². The van der Waals surface area contributed by atoms with Crippen LogP contribution in [0.1, 0.15) is 39.0 Å². The molecule has 1 saturated heterocycles. The highest BCUT2D eigenvalue weighted by Gasteiger charge is 2.45. The highest BCUT2D eigenvalue weighted by atomic mass is 16.7. The second-order valence-corrected chi connectivity index (χ2v) is 7.53. The largest absolute Gasteiger partial charge is 0.394 e. The Morgan fingerprint density at radius 3 is 2.42 bits per heavy atom. The summed E-state index contributed by atoms with van der Waals surface area (Å²) in [5, 5.41) is 37.8. The summed E-state index contributed by atoms with van der Waals surface area (Å²) in [4.78, 5) is 23.0. The lowest BCUT2D eigenvalue weighted by Crippen LogP contribution is -2.64. The van der Waals surface area contributed by atoms with Gasteiger partial charge in [0.2, 0.25) is 11.8 Å². The van der Waals surface area contributed by atoms with Gasteiger partial charge in [-0.3, -0.25) is 9.59 Å². The monoisotopic (exact) mass is 449 g/mol. The highest BCUT2D eigenvalue weighted by molar-refractivity contribution is 5.75. The Balaban J connectivity index is 2.16. The smallest absolute Gasteiger partial charge is 0.222 e. The summed E-state index contributed by atoms with van der Waals surface area (Å²) in [6.45, 7) is 3.52. The topological polar surface area (TPSA) is 159 Å². The van der Waals surface area contributed by atoms with Crippen molar-refractivity contribution in [3.63, 3.8) is 0 Å². The molecule has 0 saturated carbocycles. The van der Waals surface area contributed by atoms with E-state index in [-0.39, 0.29) is 11.8 Å². The van der Waals surface area contributed by atoms with Crippen LogP contribution >= 0.6 is 0 Å². The van der Waals surface area contributed by atoms with Crippen molar-refractivity contribution in [2.45, 2.75) is 69.7 Å². The first kappa shape index (κ1) is 27.7. The van der Waals surface area contributed by atoms with E-state index in [2.05, 4.69) is 16.0 Å². The van der Waals surface area contributed by atoms with Gasteiger partial charge in [0.15, 0.2) is 6.29 Å². The molecule has 1 fully saturated rings. The number of ether oxygens (including phenoxy) is 3. The predicted molar refractivity (Wildman–Crippen MR) is 112 cm³/mol. The summed E-state index contributed by atoms with van der Waals surface area (Å²) < 4.78 is 16.5. The van der Waals surface area contributed by atoms with Crippen LogP contribution in [0.4, 0.5) is 0 Å². The summed E-state index contributed by atoms with van der Waals surface area (Å²) in [5.41, 5.74) is 0. The molecule has 11 nitrogen and oxygen atoms in total. The van der Waals surface area contributed by atoms with Gasteiger partial charge in [-0.25, -0.2) is 0 Å². The van der Waals surface area contributed by atoms with Gasteiger partial charge < -0.3 is 45.5 Å². The van der Waals surface area contributed by atoms with Crippen molar-refractivity contribution < 1.29 is 39.1 Å². The van der Waals surface area contributed by atoms with Gasteiger partial charge in [-0.2, -0.15) is 0 Å². The van der Waals surface area contributed by atoms with Crippen LogP contribution < -0.4 is 16.0 Å². The summed E-state index contributed by atoms with van der Waals surface area (Å²) in [7, 11) is 1.84. The summed E-state index contributed by atoms with van der Waals surface area (Å²) in [5.74, 6) is -0.409. The van der Waals surface area contributed by atoms with Gasteiger partial charge in [0.1, 0.15) is 24.4 Å². The maximum absolute atomic E-state index is 11.7. The van der Waals surface area contributed by atoms with E-state index in [9.17, 15) is 24.9 Å². The number of rotatable bonds is 16. The lowest BCUT2D eigenvalue weighted by molar-refractivity contribution is -0.270. The first-order chi connectivity index (χ1) is 14.9. The lowest BCUT2D eigenvalue weighted by atomic mass is 9.97. The molecular weight excluding hydrogens is 410 g/mol. The summed E-state index contributed by atoms with van der Waals surface area (Å²) in [6, 6.07) is -0.923. The minimum absolute atomic E-state index is 0.0227. The van der Waals surface area contributed by atoms with Crippen molar-refractivity contribution in [1.82, 2.24) is 16.0 Å². The van der Waals surface area contributed by atoms with E-state index >= 15 is 0 Å². The van der Waals surface area contributed by atoms with Crippen molar-refractivity contribution in [1.29, 1.82) is 0 Å². The van der Waals surface area contributed by atoms with E-state index in [4.69, 9.17) is 14.2 Å². The third-order valence-electron chi connectivity index (χ3n) is 4.90. The number of hydrogen-bond donors (Lipinski definition) is 6. The Morgan fingerprint density at radius 1 is 1.00 bits per heavy atom. The number of hydrogen-bond acceptors (Lipinski definition) is 9. The summed E-state index contributed by atoms with van der Waals surface area (Å²) >= 11 is 0. The molecule has 5 unspecified atom stereocenters. The molecule has 1 heterocycles. The zero-order valence-electron chi connectivity index (χ0n) is 18.5. The van der Waals surface area contributed by atoms with Crippen LogP contribution in [0.2, 0.25) is 0 Å². The number of likely N-dealkylation sites (N-methyl/N-ethyl adjacent to an activating group) is 1. The fraction of sp³-hybridized carbons (Fsp3) is 0.900. The van der Waals surface area contributed by atoms with E-state index in [1.807, 2.05) is 7.05 Å². The second kappa shape index (κ2) is 16.3. The molecule has 0 aromatic carbocycles. The average molecular weight is 450 g/mol. The van der Waals surface area contributed by atoms with Crippen LogP contribution in [0.3, 0.4) is 0 Å². The standard InChI is InChI=1S/C20H39N3O8/c1-14(25)23-17-19(28)18(27)15(13-24)31-20(17)30-10-6-4-3-5-8-22-16(26)7-11-29-12-9-21-2/h15,17-21,24,27-28H,3-13H2,1-2H3,(H,22,26)(H,23,25). The predicted octanol–water partition coefficient (Wildman–Crippen LogP) is -1.75. The van der Waals surface area contributed by atoms with Crippen LogP contribution in [0, 0.1) is 0 Å². The molecular formula is C20H39N3O8. The van der Waals surface area contributed by atoms with Crippen LogP contribution in [0.25, 0.3) is 0 Å². The molecule has 0 aromatic rings.